The second-order valence-corrected chi connectivity index (χ2v) is 5.54. The summed E-state index contributed by atoms with van der Waals surface area (Å²) in [6.07, 6.45) is 0.957. The van der Waals surface area contributed by atoms with Crippen LogP contribution < -0.4 is 5.32 Å². The van der Waals surface area contributed by atoms with Crippen LogP contribution in [0.4, 0.5) is 0 Å². The van der Waals surface area contributed by atoms with Gasteiger partial charge < -0.3 is 10.4 Å². The molecule has 0 aromatic carbocycles. The third-order valence-electron chi connectivity index (χ3n) is 3.99. The molecule has 2 rings (SSSR count). The van der Waals surface area contributed by atoms with E-state index in [-0.39, 0.29) is 30.2 Å². The van der Waals surface area contributed by atoms with Crippen molar-refractivity contribution in [1.29, 1.82) is 0 Å². The molecule has 5 nitrogen and oxygen atoms in total. The van der Waals surface area contributed by atoms with E-state index >= 15 is 0 Å². The maximum Gasteiger partial charge on any atom is 0.233 e. The largest absolute Gasteiger partial charge is 0.390 e. The quantitative estimate of drug-likeness (QED) is 0.677. The molecule has 2 amide bonds. The number of likely N-dealkylation sites (N-methyl/N-ethyl adjacent to an activating group) is 1. The molecule has 1 saturated heterocycles. The molecule has 0 spiro atoms. The number of carbonyl (C=O) groups is 2. The van der Waals surface area contributed by atoms with Gasteiger partial charge in [-0.05, 0) is 25.3 Å². The molecule has 0 radical (unpaired) electrons. The zero-order chi connectivity index (χ0) is 13.3. The molecule has 1 aliphatic heterocycles. The van der Waals surface area contributed by atoms with Gasteiger partial charge in [0.05, 0.1) is 24.5 Å². The van der Waals surface area contributed by atoms with E-state index in [0.29, 0.717) is 12.5 Å². The van der Waals surface area contributed by atoms with E-state index < -0.39 is 6.10 Å². The van der Waals surface area contributed by atoms with Crippen LogP contribution in [0.15, 0.2) is 0 Å². The summed E-state index contributed by atoms with van der Waals surface area (Å²) in [5, 5.41) is 12.8. The third kappa shape index (κ3) is 2.42. The molecule has 0 aromatic heterocycles. The molecule has 0 bridgehead atoms. The Morgan fingerprint density at radius 2 is 1.89 bits per heavy atom. The molecule has 0 aromatic rings. The van der Waals surface area contributed by atoms with E-state index in [1.807, 2.05) is 6.92 Å². The molecule has 1 heterocycles. The summed E-state index contributed by atoms with van der Waals surface area (Å²) < 4.78 is 0. The number of fused-ring (bicyclic) bond motifs is 1. The van der Waals surface area contributed by atoms with E-state index in [0.717, 1.165) is 19.4 Å². The zero-order valence-electron chi connectivity index (χ0n) is 11.1. The van der Waals surface area contributed by atoms with Gasteiger partial charge in [0.2, 0.25) is 11.8 Å². The highest BCUT2D eigenvalue weighted by atomic mass is 16.3. The van der Waals surface area contributed by atoms with Crippen molar-refractivity contribution in [3.8, 4) is 0 Å². The number of amides is 2. The number of β-amino-alcohol motifs (C(OH)–C–C–N with tert-alkyl or cyclic N) is 1. The Bertz CT molecular complexity index is 321. The van der Waals surface area contributed by atoms with Gasteiger partial charge in [-0.15, -0.1) is 0 Å². The molecule has 3 unspecified atom stereocenters. The molecule has 1 saturated carbocycles. The Labute approximate surface area is 108 Å². The number of likely N-dealkylation sites (tertiary alicyclic amines) is 1. The lowest BCUT2D eigenvalue weighted by Gasteiger charge is -2.20. The van der Waals surface area contributed by atoms with Crippen LogP contribution in [0.5, 0.6) is 0 Å². The maximum absolute atomic E-state index is 12.1. The number of nitrogens with zero attached hydrogens (tertiary/aromatic N) is 1. The van der Waals surface area contributed by atoms with Crippen molar-refractivity contribution < 1.29 is 14.7 Å². The zero-order valence-corrected chi connectivity index (χ0v) is 11.1. The minimum atomic E-state index is -0.672. The van der Waals surface area contributed by atoms with E-state index in [1.54, 1.807) is 0 Å². The lowest BCUT2D eigenvalue weighted by molar-refractivity contribution is -0.142. The van der Waals surface area contributed by atoms with Crippen LogP contribution in [0.3, 0.4) is 0 Å². The highest BCUT2D eigenvalue weighted by Crippen LogP contribution is 2.42. The van der Waals surface area contributed by atoms with Gasteiger partial charge in [-0.3, -0.25) is 14.5 Å². The predicted octanol–water partition coefficient (Wildman–Crippen LogP) is -0.0121. The highest BCUT2D eigenvalue weighted by molar-refractivity contribution is 6.05. The SMILES string of the molecule is CCNCC(O)CN1C(=O)C2CC(C)CC2C1=O. The van der Waals surface area contributed by atoms with Crippen molar-refractivity contribution in [3.05, 3.63) is 0 Å². The summed E-state index contributed by atoms with van der Waals surface area (Å²) in [6, 6.07) is 0. The molecule has 2 fully saturated rings. The second-order valence-electron chi connectivity index (χ2n) is 5.54. The van der Waals surface area contributed by atoms with Gasteiger partial charge in [-0.2, -0.15) is 0 Å². The lowest BCUT2D eigenvalue weighted by atomic mass is 10.00. The molecular formula is C13H22N2O3. The Kier molecular flexibility index (Phi) is 4.02. The molecule has 5 heteroatoms. The number of imide groups is 1. The van der Waals surface area contributed by atoms with E-state index in [1.165, 1.54) is 4.90 Å². The first-order valence-electron chi connectivity index (χ1n) is 6.78. The predicted molar refractivity (Wildman–Crippen MR) is 66.6 cm³/mol. The van der Waals surface area contributed by atoms with Gasteiger partial charge in [0.25, 0.3) is 0 Å². The van der Waals surface area contributed by atoms with Crippen LogP contribution in [0, 0.1) is 17.8 Å². The monoisotopic (exact) mass is 254 g/mol. The van der Waals surface area contributed by atoms with Crippen LogP contribution in [-0.4, -0.2) is 47.6 Å². The van der Waals surface area contributed by atoms with Crippen LogP contribution in [0.2, 0.25) is 0 Å². The van der Waals surface area contributed by atoms with Crippen LogP contribution in [-0.2, 0) is 9.59 Å². The number of aliphatic hydroxyl groups excluding tert-OH is 1. The van der Waals surface area contributed by atoms with Gasteiger partial charge in [0, 0.05) is 6.54 Å². The number of hydrogen-bond donors (Lipinski definition) is 2. The van der Waals surface area contributed by atoms with Crippen molar-refractivity contribution in [2.24, 2.45) is 17.8 Å². The Morgan fingerprint density at radius 3 is 2.39 bits per heavy atom. The van der Waals surface area contributed by atoms with Crippen LogP contribution in [0.25, 0.3) is 0 Å². The fraction of sp³-hybridized carbons (Fsp3) is 0.846. The van der Waals surface area contributed by atoms with Gasteiger partial charge in [-0.25, -0.2) is 0 Å². The van der Waals surface area contributed by atoms with Crippen LogP contribution >= 0.6 is 0 Å². The topological polar surface area (TPSA) is 69.6 Å². The third-order valence-corrected chi connectivity index (χ3v) is 3.99. The summed E-state index contributed by atoms with van der Waals surface area (Å²) in [6.45, 7) is 5.35. The van der Waals surface area contributed by atoms with Crippen molar-refractivity contribution in [2.45, 2.75) is 32.8 Å². The minimum absolute atomic E-state index is 0.0788. The van der Waals surface area contributed by atoms with E-state index in [2.05, 4.69) is 12.2 Å². The summed E-state index contributed by atoms with van der Waals surface area (Å²) >= 11 is 0. The van der Waals surface area contributed by atoms with Gasteiger partial charge >= 0.3 is 0 Å². The molecule has 18 heavy (non-hydrogen) atoms. The highest BCUT2D eigenvalue weighted by Gasteiger charge is 2.51. The van der Waals surface area contributed by atoms with Gasteiger partial charge in [0.15, 0.2) is 0 Å². The average Bonchev–Trinajstić information content (AvgIpc) is 2.81. The smallest absolute Gasteiger partial charge is 0.233 e. The standard InChI is InChI=1S/C13H22N2O3/c1-3-14-6-9(16)7-15-12(17)10-4-8(2)5-11(10)13(15)18/h8-11,14,16H,3-7H2,1-2H3. The van der Waals surface area contributed by atoms with Crippen molar-refractivity contribution >= 4 is 11.8 Å². The molecule has 1 aliphatic carbocycles. The first-order chi connectivity index (χ1) is 8.54. The van der Waals surface area contributed by atoms with E-state index in [9.17, 15) is 14.7 Å². The van der Waals surface area contributed by atoms with Crippen LogP contribution in [0.1, 0.15) is 26.7 Å². The summed E-state index contributed by atoms with van der Waals surface area (Å²) in [7, 11) is 0. The van der Waals surface area contributed by atoms with Crippen molar-refractivity contribution in [1.82, 2.24) is 10.2 Å². The molecule has 3 atom stereocenters. The molecule has 2 aliphatic rings. The first-order valence-corrected chi connectivity index (χ1v) is 6.78. The molecular weight excluding hydrogens is 232 g/mol. The number of rotatable bonds is 5. The number of carbonyl (C=O) groups excluding carboxylic acids is 2. The second kappa shape index (κ2) is 5.36. The number of aliphatic hydroxyl groups is 1. The summed E-state index contributed by atoms with van der Waals surface area (Å²) in [4.78, 5) is 25.5. The molecule has 102 valence electrons. The Hall–Kier alpha value is -0.940. The number of hydrogen-bond acceptors (Lipinski definition) is 4. The Morgan fingerprint density at radius 1 is 1.33 bits per heavy atom. The number of nitrogens with one attached hydrogen (secondary N) is 1. The summed E-state index contributed by atoms with van der Waals surface area (Å²) in [5.41, 5.74) is 0. The minimum Gasteiger partial charge on any atom is -0.390 e. The fourth-order valence-electron chi connectivity index (χ4n) is 3.11. The first kappa shape index (κ1) is 13.5. The van der Waals surface area contributed by atoms with Gasteiger partial charge in [0.1, 0.15) is 0 Å². The van der Waals surface area contributed by atoms with Gasteiger partial charge in [-0.1, -0.05) is 13.8 Å². The Balaban J connectivity index is 1.95. The maximum atomic E-state index is 12.1. The summed E-state index contributed by atoms with van der Waals surface area (Å²) in [5.74, 6) is 0.0502. The van der Waals surface area contributed by atoms with Crippen molar-refractivity contribution in [3.63, 3.8) is 0 Å². The normalized spacial score (nSPS) is 33.1. The molecule has 2 N–H and O–H groups in total. The lowest BCUT2D eigenvalue weighted by Crippen LogP contribution is -2.42. The van der Waals surface area contributed by atoms with E-state index in [4.69, 9.17) is 0 Å². The average molecular weight is 254 g/mol. The fourth-order valence-corrected chi connectivity index (χ4v) is 3.11. The van der Waals surface area contributed by atoms with Crippen molar-refractivity contribution in [2.75, 3.05) is 19.6 Å².